The van der Waals surface area contributed by atoms with Crippen molar-refractivity contribution < 1.29 is 14.1 Å². The first-order valence-electron chi connectivity index (χ1n) is 9.83. The first-order valence-corrected chi connectivity index (χ1v) is 9.83. The summed E-state index contributed by atoms with van der Waals surface area (Å²) in [5.41, 5.74) is 2.79. The molecule has 4 rings (SSSR count). The Kier molecular flexibility index (Phi) is 5.46. The normalized spacial score (nSPS) is 16.1. The van der Waals surface area contributed by atoms with E-state index in [0.717, 1.165) is 41.8 Å². The average molecular weight is 392 g/mol. The largest absolute Gasteiger partial charge is 0.497 e. The van der Waals surface area contributed by atoms with Gasteiger partial charge in [0.2, 0.25) is 11.7 Å². The third-order valence-corrected chi connectivity index (χ3v) is 5.23. The number of carbonyl (C=O) groups is 1. The molecule has 1 aliphatic heterocycles. The standard InChI is InChI=1S/C22H24N4O3/c1-3-15-7-4-5-8-18(15)23-22(27)26-14-6-9-19(26)21-24-20(25-29-21)16-10-12-17(28-2)13-11-16/h4-5,7-8,10-13,19H,3,6,9,14H2,1-2H3,(H,23,27)/t19-/m0/s1. The highest BCUT2D eigenvalue weighted by Crippen LogP contribution is 2.33. The molecule has 1 saturated heterocycles. The fraction of sp³-hybridized carbons (Fsp3) is 0.318. The smallest absolute Gasteiger partial charge is 0.322 e. The molecule has 1 fully saturated rings. The molecule has 2 heterocycles. The van der Waals surface area contributed by atoms with Crippen LogP contribution < -0.4 is 10.1 Å². The highest BCUT2D eigenvalue weighted by molar-refractivity contribution is 5.90. The molecule has 0 radical (unpaired) electrons. The maximum atomic E-state index is 12.9. The van der Waals surface area contributed by atoms with Gasteiger partial charge >= 0.3 is 6.03 Å². The van der Waals surface area contributed by atoms with Gasteiger partial charge in [0.15, 0.2) is 0 Å². The van der Waals surface area contributed by atoms with Crippen molar-refractivity contribution in [1.29, 1.82) is 0 Å². The minimum Gasteiger partial charge on any atom is -0.497 e. The lowest BCUT2D eigenvalue weighted by Gasteiger charge is -2.23. The number of aromatic nitrogens is 2. The zero-order valence-corrected chi connectivity index (χ0v) is 16.6. The molecule has 1 atom stereocenters. The summed E-state index contributed by atoms with van der Waals surface area (Å²) in [6.45, 7) is 2.73. The van der Waals surface area contributed by atoms with Gasteiger partial charge in [-0.15, -0.1) is 0 Å². The van der Waals surface area contributed by atoms with E-state index >= 15 is 0 Å². The molecule has 150 valence electrons. The maximum Gasteiger partial charge on any atom is 0.322 e. The van der Waals surface area contributed by atoms with Gasteiger partial charge in [-0.25, -0.2) is 4.79 Å². The number of nitrogens with zero attached hydrogens (tertiary/aromatic N) is 3. The number of amides is 2. The summed E-state index contributed by atoms with van der Waals surface area (Å²) in [5.74, 6) is 1.74. The molecular formula is C22H24N4O3. The van der Waals surface area contributed by atoms with E-state index in [-0.39, 0.29) is 12.1 Å². The highest BCUT2D eigenvalue weighted by Gasteiger charge is 2.34. The zero-order valence-electron chi connectivity index (χ0n) is 16.6. The number of hydrogen-bond acceptors (Lipinski definition) is 5. The minimum atomic E-state index is -0.219. The molecule has 0 spiro atoms. The van der Waals surface area contributed by atoms with E-state index in [1.165, 1.54) is 0 Å². The third kappa shape index (κ3) is 3.94. The van der Waals surface area contributed by atoms with Crippen molar-refractivity contribution >= 4 is 11.7 Å². The van der Waals surface area contributed by atoms with Crippen molar-refractivity contribution in [1.82, 2.24) is 15.0 Å². The van der Waals surface area contributed by atoms with Crippen LogP contribution in [0, 0.1) is 0 Å². The number of methoxy groups -OCH3 is 1. The van der Waals surface area contributed by atoms with E-state index in [4.69, 9.17) is 9.26 Å². The summed E-state index contributed by atoms with van der Waals surface area (Å²) >= 11 is 0. The predicted molar refractivity (Wildman–Crippen MR) is 110 cm³/mol. The van der Waals surface area contributed by atoms with Crippen LogP contribution in [0.3, 0.4) is 0 Å². The van der Waals surface area contributed by atoms with Crippen LogP contribution in [-0.4, -0.2) is 34.7 Å². The van der Waals surface area contributed by atoms with Crippen molar-refractivity contribution in [3.63, 3.8) is 0 Å². The number of carbonyl (C=O) groups excluding carboxylic acids is 1. The molecule has 0 saturated carbocycles. The van der Waals surface area contributed by atoms with E-state index < -0.39 is 0 Å². The van der Waals surface area contributed by atoms with Crippen LogP contribution in [0.1, 0.15) is 37.3 Å². The number of ether oxygens (including phenoxy) is 1. The quantitative estimate of drug-likeness (QED) is 0.682. The molecule has 3 aromatic rings. The van der Waals surface area contributed by atoms with Crippen LogP contribution >= 0.6 is 0 Å². The predicted octanol–water partition coefficient (Wildman–Crippen LogP) is 4.68. The Bertz CT molecular complexity index is 984. The summed E-state index contributed by atoms with van der Waals surface area (Å²) in [6, 6.07) is 15.0. The SMILES string of the molecule is CCc1ccccc1NC(=O)N1CCC[C@H]1c1nc(-c2ccc(OC)cc2)no1. The number of nitrogens with one attached hydrogen (secondary N) is 1. The van der Waals surface area contributed by atoms with Gasteiger partial charge < -0.3 is 19.5 Å². The van der Waals surface area contributed by atoms with Crippen molar-refractivity contribution in [2.75, 3.05) is 19.0 Å². The monoisotopic (exact) mass is 392 g/mol. The first kappa shape index (κ1) is 19.0. The number of likely N-dealkylation sites (tertiary alicyclic amines) is 1. The Hall–Kier alpha value is -3.35. The minimum absolute atomic E-state index is 0.141. The topological polar surface area (TPSA) is 80.5 Å². The van der Waals surface area contributed by atoms with E-state index in [9.17, 15) is 4.79 Å². The number of anilines is 1. The Morgan fingerprint density at radius 3 is 2.79 bits per heavy atom. The van der Waals surface area contributed by atoms with Crippen molar-refractivity contribution in [2.24, 2.45) is 0 Å². The fourth-order valence-corrected chi connectivity index (χ4v) is 3.63. The number of hydrogen-bond donors (Lipinski definition) is 1. The fourth-order valence-electron chi connectivity index (χ4n) is 3.63. The molecule has 1 aromatic heterocycles. The lowest BCUT2D eigenvalue weighted by atomic mass is 10.1. The molecule has 1 aliphatic rings. The third-order valence-electron chi connectivity index (χ3n) is 5.23. The molecule has 0 bridgehead atoms. The van der Waals surface area contributed by atoms with E-state index in [1.54, 1.807) is 12.0 Å². The summed E-state index contributed by atoms with van der Waals surface area (Å²) in [5, 5.41) is 7.14. The van der Waals surface area contributed by atoms with Gasteiger partial charge in [0.1, 0.15) is 11.8 Å². The second-order valence-electron chi connectivity index (χ2n) is 6.98. The number of aryl methyl sites for hydroxylation is 1. The van der Waals surface area contributed by atoms with E-state index in [2.05, 4.69) is 22.4 Å². The van der Waals surface area contributed by atoms with Crippen LogP contribution in [0.15, 0.2) is 53.1 Å². The lowest BCUT2D eigenvalue weighted by molar-refractivity contribution is 0.193. The summed E-state index contributed by atoms with van der Waals surface area (Å²) in [7, 11) is 1.63. The molecule has 0 unspecified atom stereocenters. The van der Waals surface area contributed by atoms with Gasteiger partial charge in [0.05, 0.1) is 7.11 Å². The van der Waals surface area contributed by atoms with Crippen LogP contribution in [0.5, 0.6) is 5.75 Å². The number of para-hydroxylation sites is 1. The van der Waals surface area contributed by atoms with Crippen LogP contribution in [-0.2, 0) is 6.42 Å². The number of urea groups is 1. The lowest BCUT2D eigenvalue weighted by Crippen LogP contribution is -2.34. The van der Waals surface area contributed by atoms with Crippen LogP contribution in [0.2, 0.25) is 0 Å². The van der Waals surface area contributed by atoms with Gasteiger partial charge in [-0.05, 0) is 55.2 Å². The van der Waals surface area contributed by atoms with Gasteiger partial charge in [0, 0.05) is 17.8 Å². The molecule has 2 aromatic carbocycles. The van der Waals surface area contributed by atoms with Gasteiger partial charge in [-0.2, -0.15) is 4.98 Å². The van der Waals surface area contributed by atoms with Crippen molar-refractivity contribution in [2.45, 2.75) is 32.2 Å². The summed E-state index contributed by atoms with van der Waals surface area (Å²) in [6.07, 6.45) is 2.55. The molecule has 2 amide bonds. The Labute approximate surface area is 169 Å². The molecule has 1 N–H and O–H groups in total. The first-order chi connectivity index (χ1) is 14.2. The molecule has 7 heteroatoms. The van der Waals surface area contributed by atoms with E-state index in [0.29, 0.717) is 18.3 Å². The maximum absolute atomic E-state index is 12.9. The van der Waals surface area contributed by atoms with Gasteiger partial charge in [-0.1, -0.05) is 30.3 Å². The molecular weight excluding hydrogens is 368 g/mol. The van der Waals surface area contributed by atoms with Gasteiger partial charge in [-0.3, -0.25) is 0 Å². The van der Waals surface area contributed by atoms with Crippen LogP contribution in [0.25, 0.3) is 11.4 Å². The van der Waals surface area contributed by atoms with E-state index in [1.807, 2.05) is 48.5 Å². The highest BCUT2D eigenvalue weighted by atomic mass is 16.5. The molecule has 7 nitrogen and oxygen atoms in total. The van der Waals surface area contributed by atoms with Crippen molar-refractivity contribution in [3.8, 4) is 17.1 Å². The average Bonchev–Trinajstić information content (AvgIpc) is 3.44. The van der Waals surface area contributed by atoms with Gasteiger partial charge in [0.25, 0.3) is 0 Å². The zero-order chi connectivity index (χ0) is 20.2. The number of rotatable bonds is 5. The second-order valence-corrected chi connectivity index (χ2v) is 6.98. The Morgan fingerprint density at radius 1 is 1.24 bits per heavy atom. The molecule has 29 heavy (non-hydrogen) atoms. The summed E-state index contributed by atoms with van der Waals surface area (Å²) in [4.78, 5) is 19.3. The second kappa shape index (κ2) is 8.34. The Balaban J connectivity index is 1.51. The summed E-state index contributed by atoms with van der Waals surface area (Å²) < 4.78 is 10.7. The number of benzene rings is 2. The Morgan fingerprint density at radius 2 is 2.03 bits per heavy atom. The van der Waals surface area contributed by atoms with Crippen LogP contribution in [0.4, 0.5) is 10.5 Å². The van der Waals surface area contributed by atoms with Crippen molar-refractivity contribution in [3.05, 3.63) is 60.0 Å². The molecule has 0 aliphatic carbocycles.